The second kappa shape index (κ2) is 5.41. The molecule has 0 fully saturated rings. The van der Waals surface area contributed by atoms with Crippen molar-refractivity contribution in [1.82, 2.24) is 15.0 Å². The second-order valence-electron chi connectivity index (χ2n) is 2.76. The topological polar surface area (TPSA) is 30.7 Å². The van der Waals surface area contributed by atoms with E-state index in [-0.39, 0.29) is 51.4 Å². The average molecular weight is 251 g/mol. The van der Waals surface area contributed by atoms with Gasteiger partial charge in [0.05, 0.1) is 6.20 Å². The zero-order chi connectivity index (χ0) is 10.9. The maximum absolute atomic E-state index is 12.2. The van der Waals surface area contributed by atoms with Gasteiger partial charge >= 0.3 is 57.6 Å². The first-order chi connectivity index (χ1) is 7.07. The van der Waals surface area contributed by atoms with Crippen molar-refractivity contribution in [1.29, 1.82) is 0 Å². The fourth-order valence-corrected chi connectivity index (χ4v) is 1.02. The molecule has 0 N–H and O–H groups in total. The summed E-state index contributed by atoms with van der Waals surface area (Å²) in [5.74, 6) is 0. The third-order valence-corrected chi connectivity index (χ3v) is 1.69. The molecule has 0 aliphatic carbocycles. The minimum absolute atomic E-state index is 0. The van der Waals surface area contributed by atoms with Crippen LogP contribution in [0.1, 0.15) is 5.69 Å². The summed E-state index contributed by atoms with van der Waals surface area (Å²) in [6.07, 6.45) is -3.78. The fourth-order valence-electron chi connectivity index (χ4n) is 1.02. The molecular formula is C9H5F3KN3. The van der Waals surface area contributed by atoms with Crippen LogP contribution in [-0.4, -0.2) is 15.0 Å². The van der Waals surface area contributed by atoms with Crippen molar-refractivity contribution in [2.75, 3.05) is 0 Å². The van der Waals surface area contributed by atoms with Gasteiger partial charge in [0.1, 0.15) is 0 Å². The van der Waals surface area contributed by atoms with E-state index in [1.54, 1.807) is 24.3 Å². The number of rotatable bonds is 1. The molecule has 0 bridgehead atoms. The molecule has 2 aromatic rings. The summed E-state index contributed by atoms with van der Waals surface area (Å²) in [6.45, 7) is 0. The standard InChI is InChI=1S/C9H5F3N3.K/c10-9(11,12)8-6-13-15(14-8)7-4-2-1-3-5-7;/h1-4,6H;/q-1;+1. The maximum Gasteiger partial charge on any atom is 1.00 e. The molecular weight excluding hydrogens is 246 g/mol. The third-order valence-electron chi connectivity index (χ3n) is 1.69. The largest absolute Gasteiger partial charge is 1.00 e. The zero-order valence-corrected chi connectivity index (χ0v) is 11.5. The van der Waals surface area contributed by atoms with Crippen LogP contribution < -0.4 is 51.4 Å². The first-order valence-electron chi connectivity index (χ1n) is 4.04. The van der Waals surface area contributed by atoms with Crippen LogP contribution in [0.15, 0.2) is 30.5 Å². The van der Waals surface area contributed by atoms with Crippen molar-refractivity contribution in [3.8, 4) is 5.69 Å². The Morgan fingerprint density at radius 1 is 1.25 bits per heavy atom. The van der Waals surface area contributed by atoms with Crippen molar-refractivity contribution in [2.24, 2.45) is 0 Å². The Hall–Kier alpha value is -0.214. The summed E-state index contributed by atoms with van der Waals surface area (Å²) in [7, 11) is 0. The fraction of sp³-hybridized carbons (Fsp3) is 0.111. The van der Waals surface area contributed by atoms with Crippen LogP contribution in [0, 0.1) is 6.07 Å². The van der Waals surface area contributed by atoms with Crippen LogP contribution in [0.2, 0.25) is 0 Å². The summed E-state index contributed by atoms with van der Waals surface area (Å²) in [6, 6.07) is 9.24. The number of hydrogen-bond donors (Lipinski definition) is 0. The molecule has 0 spiro atoms. The predicted octanol–water partition coefficient (Wildman–Crippen LogP) is -0.910. The molecule has 7 heteroatoms. The summed E-state index contributed by atoms with van der Waals surface area (Å²) >= 11 is 0. The van der Waals surface area contributed by atoms with E-state index in [4.69, 9.17) is 0 Å². The number of para-hydroxylation sites is 1. The quantitative estimate of drug-likeness (QED) is 0.485. The van der Waals surface area contributed by atoms with Gasteiger partial charge in [-0.1, -0.05) is 0 Å². The van der Waals surface area contributed by atoms with Gasteiger partial charge < -0.3 is 0 Å². The van der Waals surface area contributed by atoms with Gasteiger partial charge in [0.15, 0.2) is 5.69 Å². The Morgan fingerprint density at radius 2 is 2.00 bits per heavy atom. The molecule has 0 aliphatic rings. The monoisotopic (exact) mass is 251 g/mol. The first-order valence-corrected chi connectivity index (χ1v) is 4.04. The molecule has 0 atom stereocenters. The van der Waals surface area contributed by atoms with Crippen LogP contribution >= 0.6 is 0 Å². The van der Waals surface area contributed by atoms with Crippen LogP contribution in [0.25, 0.3) is 5.69 Å². The minimum Gasteiger partial charge on any atom is -0.176 e. The molecule has 0 unspecified atom stereocenters. The van der Waals surface area contributed by atoms with Gasteiger partial charge in [-0.05, 0) is 5.69 Å². The summed E-state index contributed by atoms with van der Waals surface area (Å²) < 4.78 is 36.6. The van der Waals surface area contributed by atoms with E-state index in [1.165, 1.54) is 0 Å². The minimum atomic E-state index is -4.47. The van der Waals surface area contributed by atoms with Crippen molar-refractivity contribution in [3.63, 3.8) is 0 Å². The Balaban J connectivity index is 0.00000128. The average Bonchev–Trinajstić information content (AvgIpc) is 2.67. The molecule has 78 valence electrons. The second-order valence-corrected chi connectivity index (χ2v) is 2.76. The van der Waals surface area contributed by atoms with E-state index >= 15 is 0 Å². The Morgan fingerprint density at radius 3 is 2.50 bits per heavy atom. The number of benzene rings is 1. The van der Waals surface area contributed by atoms with Gasteiger partial charge in [-0.25, -0.2) is 0 Å². The van der Waals surface area contributed by atoms with Gasteiger partial charge in [0.2, 0.25) is 0 Å². The van der Waals surface area contributed by atoms with Crippen molar-refractivity contribution in [3.05, 3.63) is 42.2 Å². The molecule has 0 aliphatic heterocycles. The number of aromatic nitrogens is 3. The predicted molar refractivity (Wildman–Crippen MR) is 45.2 cm³/mol. The zero-order valence-electron chi connectivity index (χ0n) is 8.36. The van der Waals surface area contributed by atoms with E-state index in [1.807, 2.05) is 0 Å². The maximum atomic E-state index is 12.2. The van der Waals surface area contributed by atoms with E-state index in [2.05, 4.69) is 16.3 Å². The smallest absolute Gasteiger partial charge is 0.176 e. The van der Waals surface area contributed by atoms with Gasteiger partial charge in [-0.2, -0.15) is 47.3 Å². The van der Waals surface area contributed by atoms with Crippen LogP contribution in [0.4, 0.5) is 13.2 Å². The van der Waals surface area contributed by atoms with Crippen molar-refractivity contribution < 1.29 is 64.6 Å². The molecule has 2 rings (SSSR count). The Bertz CT molecular complexity index is 453. The molecule has 1 aromatic carbocycles. The normalized spacial score (nSPS) is 10.9. The Labute approximate surface area is 132 Å². The molecule has 0 radical (unpaired) electrons. The van der Waals surface area contributed by atoms with Crippen LogP contribution in [0.3, 0.4) is 0 Å². The van der Waals surface area contributed by atoms with E-state index in [9.17, 15) is 13.2 Å². The van der Waals surface area contributed by atoms with E-state index in [0.29, 0.717) is 11.9 Å². The summed E-state index contributed by atoms with van der Waals surface area (Å²) in [4.78, 5) is 0.892. The third kappa shape index (κ3) is 3.14. The van der Waals surface area contributed by atoms with Crippen LogP contribution in [-0.2, 0) is 6.18 Å². The van der Waals surface area contributed by atoms with Crippen LogP contribution in [0.5, 0.6) is 0 Å². The van der Waals surface area contributed by atoms with Gasteiger partial charge in [0.25, 0.3) is 0 Å². The van der Waals surface area contributed by atoms with Crippen molar-refractivity contribution >= 4 is 0 Å². The molecule has 0 amide bonds. The number of hydrogen-bond acceptors (Lipinski definition) is 2. The molecule has 0 saturated carbocycles. The van der Waals surface area contributed by atoms with E-state index in [0.717, 1.165) is 4.80 Å². The first kappa shape index (κ1) is 13.8. The van der Waals surface area contributed by atoms with Gasteiger partial charge in [0, 0.05) is 0 Å². The molecule has 1 heterocycles. The number of nitrogens with zero attached hydrogens (tertiary/aromatic N) is 3. The van der Waals surface area contributed by atoms with Gasteiger partial charge in [-0.3, -0.25) is 0 Å². The van der Waals surface area contributed by atoms with E-state index < -0.39 is 11.9 Å². The number of alkyl halides is 3. The SMILES string of the molecule is FC(F)(F)c1cnn(-c2[c-]cccc2)n1.[K+]. The number of halogens is 3. The van der Waals surface area contributed by atoms with Gasteiger partial charge in [-0.15, -0.1) is 11.2 Å². The summed E-state index contributed by atoms with van der Waals surface area (Å²) in [5, 5.41) is 6.81. The molecule has 16 heavy (non-hydrogen) atoms. The molecule has 1 aromatic heterocycles. The molecule has 0 saturated heterocycles. The molecule has 3 nitrogen and oxygen atoms in total. The Kier molecular flexibility index (Phi) is 4.69. The van der Waals surface area contributed by atoms with Crippen molar-refractivity contribution in [2.45, 2.75) is 6.18 Å². The summed E-state index contributed by atoms with van der Waals surface area (Å²) in [5.41, 5.74) is -0.646.